The van der Waals surface area contributed by atoms with Gasteiger partial charge in [-0.2, -0.15) is 0 Å². The average molecular weight is 251 g/mol. The van der Waals surface area contributed by atoms with Crippen LogP contribution in [-0.4, -0.2) is 26.6 Å². The Hall–Kier alpha value is -0.960. The lowest BCUT2D eigenvalue weighted by Gasteiger charge is -1.99. The first kappa shape index (κ1) is 12.1. The molecule has 0 unspecified atom stereocenters. The van der Waals surface area contributed by atoms with Crippen molar-refractivity contribution >= 4 is 27.3 Å². The second-order valence-corrected chi connectivity index (χ2v) is 5.60. The number of carboxylic acids is 1. The van der Waals surface area contributed by atoms with Gasteiger partial charge in [0.25, 0.3) is 10.0 Å². The number of thiophene rings is 1. The maximum atomic E-state index is 11.4. The van der Waals surface area contributed by atoms with Crippen LogP contribution in [0, 0.1) is 6.92 Å². The van der Waals surface area contributed by atoms with Crippen molar-refractivity contribution in [1.82, 2.24) is 4.89 Å². The normalized spacial score (nSPS) is 11.6. The number of carbonyl (C=O) groups is 1. The Kier molecular flexibility index (Phi) is 3.45. The van der Waals surface area contributed by atoms with Gasteiger partial charge < -0.3 is 5.11 Å². The van der Waals surface area contributed by atoms with Crippen molar-refractivity contribution in [2.75, 3.05) is 7.11 Å². The summed E-state index contributed by atoms with van der Waals surface area (Å²) in [6.07, 6.45) is 0. The van der Waals surface area contributed by atoms with Crippen molar-refractivity contribution in [2.45, 2.75) is 11.1 Å². The van der Waals surface area contributed by atoms with Crippen LogP contribution in [-0.2, 0) is 14.9 Å². The molecule has 8 heteroatoms. The highest BCUT2D eigenvalue weighted by molar-refractivity contribution is 7.91. The van der Waals surface area contributed by atoms with Gasteiger partial charge in [-0.3, -0.25) is 4.84 Å². The molecule has 0 spiro atoms. The number of hydrogen-bond donors (Lipinski definition) is 2. The van der Waals surface area contributed by atoms with Crippen LogP contribution >= 0.6 is 11.3 Å². The minimum absolute atomic E-state index is 0.00600. The van der Waals surface area contributed by atoms with Gasteiger partial charge in [0.15, 0.2) is 0 Å². The molecule has 0 atom stereocenters. The fraction of sp³-hybridized carbons (Fsp3) is 0.286. The van der Waals surface area contributed by atoms with Crippen LogP contribution < -0.4 is 4.89 Å². The van der Waals surface area contributed by atoms with E-state index in [9.17, 15) is 13.2 Å². The lowest BCUT2D eigenvalue weighted by atomic mass is 10.3. The van der Waals surface area contributed by atoms with E-state index >= 15 is 0 Å². The van der Waals surface area contributed by atoms with Crippen LogP contribution in [0.4, 0.5) is 0 Å². The van der Waals surface area contributed by atoms with E-state index in [-0.39, 0.29) is 9.09 Å². The molecule has 1 aromatic rings. The molecule has 1 rings (SSSR count). The lowest BCUT2D eigenvalue weighted by Crippen LogP contribution is -2.21. The summed E-state index contributed by atoms with van der Waals surface area (Å²) in [4.78, 5) is 16.8. The molecule has 6 nitrogen and oxygen atoms in total. The van der Waals surface area contributed by atoms with Gasteiger partial charge in [0.05, 0.1) is 7.11 Å². The molecule has 2 N–H and O–H groups in total. The molecule has 0 bridgehead atoms. The van der Waals surface area contributed by atoms with Crippen molar-refractivity contribution < 1.29 is 23.2 Å². The van der Waals surface area contributed by atoms with E-state index in [2.05, 4.69) is 4.84 Å². The highest BCUT2D eigenvalue weighted by Gasteiger charge is 2.21. The predicted molar refractivity (Wildman–Crippen MR) is 53.3 cm³/mol. The predicted octanol–water partition coefficient (Wildman–Crippen LogP) is 0.594. The molecule has 0 saturated carbocycles. The Bertz CT molecular complexity index is 476. The standard InChI is InChI=1S/C7H9NO5S2/c1-4-3-5(14-6(4)7(9)10)15(11,12)8-13-2/h3,8H,1-2H3,(H,9,10). The van der Waals surface area contributed by atoms with Crippen LogP contribution in [0.25, 0.3) is 0 Å². The third kappa shape index (κ3) is 2.53. The van der Waals surface area contributed by atoms with E-state index < -0.39 is 16.0 Å². The lowest BCUT2D eigenvalue weighted by molar-refractivity contribution is 0.0701. The molecule has 1 heterocycles. The molecule has 0 saturated heterocycles. The third-order valence-corrected chi connectivity index (χ3v) is 4.51. The molecule has 0 fully saturated rings. The maximum absolute atomic E-state index is 11.4. The average Bonchev–Trinajstić information content (AvgIpc) is 2.47. The first-order valence-electron chi connectivity index (χ1n) is 3.77. The molecule has 84 valence electrons. The maximum Gasteiger partial charge on any atom is 0.346 e. The summed E-state index contributed by atoms with van der Waals surface area (Å²) >= 11 is 0.684. The molecule has 0 aliphatic carbocycles. The van der Waals surface area contributed by atoms with Crippen molar-refractivity contribution in [3.8, 4) is 0 Å². The molecule has 0 aliphatic heterocycles. The Morgan fingerprint density at radius 2 is 2.20 bits per heavy atom. The molecule has 0 amide bonds. The monoisotopic (exact) mass is 251 g/mol. The number of carboxylic acid groups (broad SMARTS) is 1. The van der Waals surface area contributed by atoms with Crippen LogP contribution in [0.1, 0.15) is 15.2 Å². The van der Waals surface area contributed by atoms with E-state index in [1.54, 1.807) is 0 Å². The Balaban J connectivity index is 3.19. The summed E-state index contributed by atoms with van der Waals surface area (Å²) < 4.78 is 22.7. The summed E-state index contributed by atoms with van der Waals surface area (Å²) in [6.45, 7) is 1.53. The third-order valence-electron chi connectivity index (χ3n) is 1.55. The van der Waals surface area contributed by atoms with E-state index in [1.807, 2.05) is 4.89 Å². The van der Waals surface area contributed by atoms with Gasteiger partial charge >= 0.3 is 5.97 Å². The van der Waals surface area contributed by atoms with Crippen molar-refractivity contribution in [3.05, 3.63) is 16.5 Å². The Morgan fingerprint density at radius 3 is 2.60 bits per heavy atom. The topological polar surface area (TPSA) is 92.7 Å². The summed E-state index contributed by atoms with van der Waals surface area (Å²) in [5.74, 6) is -1.14. The number of aryl methyl sites for hydroxylation is 1. The van der Waals surface area contributed by atoms with E-state index in [0.717, 1.165) is 7.11 Å². The van der Waals surface area contributed by atoms with Crippen LogP contribution in [0.2, 0.25) is 0 Å². The zero-order valence-corrected chi connectivity index (χ0v) is 9.61. The Morgan fingerprint density at radius 1 is 1.60 bits per heavy atom. The fourth-order valence-electron chi connectivity index (χ4n) is 0.948. The molecule has 0 aliphatic rings. The van der Waals surface area contributed by atoms with Gasteiger partial charge in [-0.25, -0.2) is 13.2 Å². The number of sulfonamides is 1. The van der Waals surface area contributed by atoms with Crippen molar-refractivity contribution in [1.29, 1.82) is 0 Å². The summed E-state index contributed by atoms with van der Waals surface area (Å²) in [6, 6.07) is 1.29. The van der Waals surface area contributed by atoms with Gasteiger partial charge in [-0.15, -0.1) is 11.3 Å². The van der Waals surface area contributed by atoms with Crippen LogP contribution in [0.15, 0.2) is 10.3 Å². The summed E-state index contributed by atoms with van der Waals surface area (Å²) in [5.41, 5.74) is 0.406. The van der Waals surface area contributed by atoms with Crippen molar-refractivity contribution in [2.24, 2.45) is 0 Å². The van der Waals surface area contributed by atoms with Crippen LogP contribution in [0.5, 0.6) is 0 Å². The van der Waals surface area contributed by atoms with E-state index in [1.165, 1.54) is 13.0 Å². The van der Waals surface area contributed by atoms with Gasteiger partial charge in [0.2, 0.25) is 0 Å². The van der Waals surface area contributed by atoms with Gasteiger partial charge in [0.1, 0.15) is 9.09 Å². The second-order valence-electron chi connectivity index (χ2n) is 2.67. The number of rotatable bonds is 4. The molecule has 0 radical (unpaired) electrons. The summed E-state index contributed by atoms with van der Waals surface area (Å²) in [5, 5.41) is 8.74. The quantitative estimate of drug-likeness (QED) is 0.764. The summed E-state index contributed by atoms with van der Waals surface area (Å²) in [7, 11) is -2.60. The number of aromatic carboxylic acids is 1. The first-order chi connectivity index (χ1) is 6.88. The van der Waals surface area contributed by atoms with E-state index in [0.29, 0.717) is 16.9 Å². The number of hydrogen-bond acceptors (Lipinski definition) is 5. The smallest absolute Gasteiger partial charge is 0.346 e. The number of nitrogens with one attached hydrogen (secondary N) is 1. The minimum atomic E-state index is -3.76. The van der Waals surface area contributed by atoms with Gasteiger partial charge in [0, 0.05) is 0 Å². The zero-order chi connectivity index (χ0) is 11.6. The highest BCUT2D eigenvalue weighted by atomic mass is 32.2. The largest absolute Gasteiger partial charge is 0.477 e. The molecule has 1 aromatic heterocycles. The zero-order valence-electron chi connectivity index (χ0n) is 7.97. The first-order valence-corrected chi connectivity index (χ1v) is 6.07. The molecule has 15 heavy (non-hydrogen) atoms. The molecular weight excluding hydrogens is 242 g/mol. The Labute approximate surface area is 90.5 Å². The molecule has 0 aromatic carbocycles. The molecular formula is C7H9NO5S2. The van der Waals surface area contributed by atoms with Crippen LogP contribution in [0.3, 0.4) is 0 Å². The van der Waals surface area contributed by atoms with Gasteiger partial charge in [-0.05, 0) is 18.6 Å². The second kappa shape index (κ2) is 4.27. The highest BCUT2D eigenvalue weighted by Crippen LogP contribution is 2.25. The minimum Gasteiger partial charge on any atom is -0.477 e. The van der Waals surface area contributed by atoms with Gasteiger partial charge in [-0.1, -0.05) is 4.89 Å². The fourth-order valence-corrected chi connectivity index (χ4v) is 3.12. The SMILES string of the molecule is CONS(=O)(=O)c1cc(C)c(C(=O)O)s1. The van der Waals surface area contributed by atoms with E-state index in [4.69, 9.17) is 5.11 Å². The van der Waals surface area contributed by atoms with Crippen molar-refractivity contribution in [3.63, 3.8) is 0 Å².